The number of hydrogen-bond donors (Lipinski definition) is 0. The highest BCUT2D eigenvalue weighted by Gasteiger charge is 2.21. The SMILES string of the molecule is O=C(COc1cccc2ccccc12)C1CCCCC1. The van der Waals surface area contributed by atoms with Crippen LogP contribution in [0.15, 0.2) is 42.5 Å². The second-order valence-electron chi connectivity index (χ2n) is 5.57. The molecule has 3 rings (SSSR count). The highest BCUT2D eigenvalue weighted by Crippen LogP contribution is 2.27. The van der Waals surface area contributed by atoms with Crippen LogP contribution in [0.2, 0.25) is 0 Å². The molecule has 0 amide bonds. The van der Waals surface area contributed by atoms with Crippen molar-refractivity contribution in [1.82, 2.24) is 0 Å². The maximum absolute atomic E-state index is 12.2. The standard InChI is InChI=1S/C18H20O2/c19-17(15-8-2-1-3-9-15)13-20-18-12-6-10-14-7-4-5-11-16(14)18/h4-7,10-12,15H,1-3,8-9,13H2. The van der Waals surface area contributed by atoms with E-state index in [1.807, 2.05) is 30.3 Å². The first kappa shape index (κ1) is 13.2. The van der Waals surface area contributed by atoms with Crippen molar-refractivity contribution in [3.63, 3.8) is 0 Å². The van der Waals surface area contributed by atoms with Gasteiger partial charge in [-0.25, -0.2) is 0 Å². The number of ether oxygens (including phenoxy) is 1. The van der Waals surface area contributed by atoms with Crippen LogP contribution in [-0.2, 0) is 4.79 Å². The fraction of sp³-hybridized carbons (Fsp3) is 0.389. The van der Waals surface area contributed by atoms with Crippen LogP contribution in [0.1, 0.15) is 32.1 Å². The van der Waals surface area contributed by atoms with E-state index in [2.05, 4.69) is 12.1 Å². The smallest absolute Gasteiger partial charge is 0.173 e. The third-order valence-electron chi connectivity index (χ3n) is 4.18. The van der Waals surface area contributed by atoms with Crippen LogP contribution in [0, 0.1) is 5.92 Å². The molecule has 2 nitrogen and oxygen atoms in total. The van der Waals surface area contributed by atoms with E-state index in [0.717, 1.165) is 29.4 Å². The number of carbonyl (C=O) groups is 1. The van der Waals surface area contributed by atoms with Gasteiger partial charge in [-0.15, -0.1) is 0 Å². The minimum absolute atomic E-state index is 0.207. The van der Waals surface area contributed by atoms with E-state index in [1.54, 1.807) is 0 Å². The predicted octanol–water partition coefficient (Wildman–Crippen LogP) is 4.37. The Kier molecular flexibility index (Phi) is 4.00. The van der Waals surface area contributed by atoms with Gasteiger partial charge < -0.3 is 4.74 Å². The molecule has 104 valence electrons. The highest BCUT2D eigenvalue weighted by molar-refractivity contribution is 5.89. The first-order valence-corrected chi connectivity index (χ1v) is 7.48. The Morgan fingerprint density at radius 3 is 2.60 bits per heavy atom. The molecule has 1 saturated carbocycles. The Morgan fingerprint density at radius 1 is 1.00 bits per heavy atom. The zero-order valence-corrected chi connectivity index (χ0v) is 11.7. The van der Waals surface area contributed by atoms with E-state index in [4.69, 9.17) is 4.74 Å². The fourth-order valence-electron chi connectivity index (χ4n) is 3.01. The van der Waals surface area contributed by atoms with E-state index in [-0.39, 0.29) is 18.3 Å². The lowest BCUT2D eigenvalue weighted by Gasteiger charge is -2.20. The minimum atomic E-state index is 0.207. The Morgan fingerprint density at radius 2 is 1.75 bits per heavy atom. The number of carbonyl (C=O) groups excluding carboxylic acids is 1. The van der Waals surface area contributed by atoms with Crippen molar-refractivity contribution < 1.29 is 9.53 Å². The van der Waals surface area contributed by atoms with E-state index >= 15 is 0 Å². The van der Waals surface area contributed by atoms with Gasteiger partial charge in [0.05, 0.1) is 0 Å². The number of hydrogen-bond acceptors (Lipinski definition) is 2. The Balaban J connectivity index is 1.69. The minimum Gasteiger partial charge on any atom is -0.485 e. The molecule has 2 aromatic rings. The average molecular weight is 268 g/mol. The van der Waals surface area contributed by atoms with Gasteiger partial charge in [0.15, 0.2) is 5.78 Å². The lowest BCUT2D eigenvalue weighted by Crippen LogP contribution is -2.23. The van der Waals surface area contributed by atoms with Gasteiger partial charge in [0.1, 0.15) is 12.4 Å². The molecule has 0 N–H and O–H groups in total. The first-order valence-electron chi connectivity index (χ1n) is 7.48. The maximum Gasteiger partial charge on any atom is 0.173 e. The molecule has 0 heterocycles. The van der Waals surface area contributed by atoms with E-state index < -0.39 is 0 Å². The van der Waals surface area contributed by atoms with Gasteiger partial charge in [0.25, 0.3) is 0 Å². The molecule has 0 radical (unpaired) electrons. The summed E-state index contributed by atoms with van der Waals surface area (Å²) in [4.78, 5) is 12.2. The predicted molar refractivity (Wildman–Crippen MR) is 81.0 cm³/mol. The summed E-state index contributed by atoms with van der Waals surface area (Å²) in [5.74, 6) is 1.30. The lowest BCUT2D eigenvalue weighted by atomic mass is 9.86. The van der Waals surface area contributed by atoms with Gasteiger partial charge in [-0.3, -0.25) is 4.79 Å². The lowest BCUT2D eigenvalue weighted by molar-refractivity contribution is -0.125. The number of fused-ring (bicyclic) bond motifs is 1. The average Bonchev–Trinajstić information content (AvgIpc) is 2.53. The summed E-state index contributed by atoms with van der Waals surface area (Å²) in [7, 11) is 0. The molecule has 2 aromatic carbocycles. The zero-order chi connectivity index (χ0) is 13.8. The van der Waals surface area contributed by atoms with Crippen molar-refractivity contribution in [1.29, 1.82) is 0 Å². The Labute approximate surface area is 119 Å². The second kappa shape index (κ2) is 6.08. The summed E-state index contributed by atoms with van der Waals surface area (Å²) in [6.45, 7) is 0.207. The van der Waals surface area contributed by atoms with Gasteiger partial charge in [0.2, 0.25) is 0 Å². The second-order valence-corrected chi connectivity index (χ2v) is 5.57. The van der Waals surface area contributed by atoms with Gasteiger partial charge in [-0.1, -0.05) is 55.7 Å². The Hall–Kier alpha value is -1.83. The quantitative estimate of drug-likeness (QED) is 0.823. The topological polar surface area (TPSA) is 26.3 Å². The van der Waals surface area contributed by atoms with Crippen molar-refractivity contribution in [3.8, 4) is 5.75 Å². The molecule has 1 fully saturated rings. The number of benzene rings is 2. The number of rotatable bonds is 4. The van der Waals surface area contributed by atoms with Crippen molar-refractivity contribution in [3.05, 3.63) is 42.5 Å². The molecule has 0 unspecified atom stereocenters. The first-order chi connectivity index (χ1) is 9.84. The van der Waals surface area contributed by atoms with Crippen LogP contribution in [-0.4, -0.2) is 12.4 Å². The number of Topliss-reactive ketones (excluding diaryl/α,β-unsaturated/α-hetero) is 1. The van der Waals surface area contributed by atoms with E-state index in [9.17, 15) is 4.79 Å². The molecule has 0 bridgehead atoms. The largest absolute Gasteiger partial charge is 0.485 e. The third kappa shape index (κ3) is 2.84. The molecule has 0 spiro atoms. The van der Waals surface area contributed by atoms with Gasteiger partial charge >= 0.3 is 0 Å². The molecule has 1 aliphatic carbocycles. The summed E-state index contributed by atoms with van der Waals surface area (Å²) in [6, 6.07) is 14.1. The van der Waals surface area contributed by atoms with Gasteiger partial charge in [-0.05, 0) is 24.3 Å². The maximum atomic E-state index is 12.2. The van der Waals surface area contributed by atoms with E-state index in [0.29, 0.717) is 0 Å². The van der Waals surface area contributed by atoms with E-state index in [1.165, 1.54) is 19.3 Å². The van der Waals surface area contributed by atoms with Crippen LogP contribution in [0.5, 0.6) is 5.75 Å². The monoisotopic (exact) mass is 268 g/mol. The molecule has 0 atom stereocenters. The number of ketones is 1. The summed E-state index contributed by atoms with van der Waals surface area (Å²) in [6.07, 6.45) is 5.72. The molecular weight excluding hydrogens is 248 g/mol. The summed E-state index contributed by atoms with van der Waals surface area (Å²) in [5.41, 5.74) is 0. The molecule has 0 saturated heterocycles. The third-order valence-corrected chi connectivity index (χ3v) is 4.18. The normalized spacial score (nSPS) is 16.2. The zero-order valence-electron chi connectivity index (χ0n) is 11.7. The van der Waals surface area contributed by atoms with Gasteiger partial charge in [-0.2, -0.15) is 0 Å². The van der Waals surface area contributed by atoms with Crippen LogP contribution >= 0.6 is 0 Å². The van der Waals surface area contributed by atoms with Crippen LogP contribution in [0.25, 0.3) is 10.8 Å². The van der Waals surface area contributed by atoms with Crippen LogP contribution in [0.3, 0.4) is 0 Å². The van der Waals surface area contributed by atoms with Crippen molar-refractivity contribution in [2.24, 2.45) is 5.92 Å². The fourth-order valence-corrected chi connectivity index (χ4v) is 3.01. The molecule has 0 aliphatic heterocycles. The highest BCUT2D eigenvalue weighted by atomic mass is 16.5. The Bertz CT molecular complexity index is 592. The van der Waals surface area contributed by atoms with Crippen molar-refractivity contribution in [2.75, 3.05) is 6.61 Å². The molecule has 20 heavy (non-hydrogen) atoms. The molecule has 0 aromatic heterocycles. The van der Waals surface area contributed by atoms with Crippen LogP contribution in [0.4, 0.5) is 0 Å². The summed E-state index contributed by atoms with van der Waals surface area (Å²) in [5, 5.41) is 2.22. The molecule has 1 aliphatic rings. The van der Waals surface area contributed by atoms with Crippen LogP contribution < -0.4 is 4.74 Å². The molecule has 2 heteroatoms. The van der Waals surface area contributed by atoms with Crippen molar-refractivity contribution in [2.45, 2.75) is 32.1 Å². The van der Waals surface area contributed by atoms with Gasteiger partial charge in [0, 0.05) is 11.3 Å². The van der Waals surface area contributed by atoms with Crippen molar-refractivity contribution >= 4 is 16.6 Å². The summed E-state index contributed by atoms with van der Waals surface area (Å²) < 4.78 is 5.78. The summed E-state index contributed by atoms with van der Waals surface area (Å²) >= 11 is 0. The molecular formula is C18H20O2.